The molecule has 160 valence electrons. The molecule has 1 saturated carbocycles. The molecule has 3 rings (SSSR count). The Bertz CT molecular complexity index is 941. The van der Waals surface area contributed by atoms with Crippen LogP contribution in [0.2, 0.25) is 10.0 Å². The third-order valence-corrected chi connectivity index (χ3v) is 6.78. The van der Waals surface area contributed by atoms with Crippen molar-refractivity contribution in [3.05, 3.63) is 44.9 Å². The smallest absolute Gasteiger partial charge is 0.380 e. The number of Topliss-reactive ketones (excluding diaryl/α,β-unsaturated/α-hetero) is 1. The lowest BCUT2D eigenvalue weighted by molar-refractivity contribution is -0.137. The molecule has 0 unspecified atom stereocenters. The predicted octanol–water partition coefficient (Wildman–Crippen LogP) is 5.50. The van der Waals surface area contributed by atoms with Gasteiger partial charge in [0.2, 0.25) is 5.91 Å². The number of hydrogen-bond donors (Lipinski definition) is 1. The normalized spacial score (nSPS) is 15.0. The van der Waals surface area contributed by atoms with Crippen LogP contribution in [0.15, 0.2) is 24.4 Å². The lowest BCUT2D eigenvalue weighted by Gasteiger charge is -2.20. The van der Waals surface area contributed by atoms with E-state index in [2.05, 4.69) is 10.3 Å². The van der Waals surface area contributed by atoms with Gasteiger partial charge < -0.3 is 10.1 Å². The van der Waals surface area contributed by atoms with Crippen molar-refractivity contribution in [1.29, 1.82) is 0 Å². The molecule has 6 nitrogen and oxygen atoms in total. The van der Waals surface area contributed by atoms with Crippen LogP contribution < -0.4 is 5.32 Å². The number of halogens is 2. The van der Waals surface area contributed by atoms with Gasteiger partial charge in [0, 0.05) is 0 Å². The summed E-state index contributed by atoms with van der Waals surface area (Å²) in [6, 6.07) is 5.22. The summed E-state index contributed by atoms with van der Waals surface area (Å²) in [5.74, 6) is -1.90. The molecule has 9 heteroatoms. The fourth-order valence-electron chi connectivity index (χ4n) is 3.63. The monoisotopic (exact) mass is 468 g/mol. The Morgan fingerprint density at radius 2 is 1.97 bits per heavy atom. The van der Waals surface area contributed by atoms with E-state index >= 15 is 0 Å². The van der Waals surface area contributed by atoms with E-state index in [1.807, 2.05) is 6.07 Å². The molecule has 0 radical (unpaired) electrons. The number of benzene rings is 1. The van der Waals surface area contributed by atoms with Crippen LogP contribution in [-0.4, -0.2) is 29.3 Å². The van der Waals surface area contributed by atoms with Crippen molar-refractivity contribution in [2.45, 2.75) is 44.9 Å². The summed E-state index contributed by atoms with van der Waals surface area (Å²) in [7, 11) is 0. The van der Waals surface area contributed by atoms with Gasteiger partial charge in [-0.15, -0.1) is 0 Å². The number of nitrogens with zero attached hydrogens (tertiary/aromatic N) is 1. The van der Waals surface area contributed by atoms with Gasteiger partial charge in [0.25, 0.3) is 5.78 Å². The third-order valence-electron chi connectivity index (χ3n) is 5.13. The standard InChI is InChI=1S/C21H22Cl2N2O4S/c1-2-29-20(28)18(26)17-11-24-21(30-17)25-19(27)14(9-12-5-3-4-6-12)13-7-8-15(22)16(23)10-13/h7-8,10-12,14H,2-6,9H2,1H3,(H,24,25,27)/t14-/m1/s1. The minimum absolute atomic E-state index is 0.111. The first-order valence-corrected chi connectivity index (χ1v) is 11.4. The van der Waals surface area contributed by atoms with Gasteiger partial charge in [-0.3, -0.25) is 9.59 Å². The summed E-state index contributed by atoms with van der Waals surface area (Å²) < 4.78 is 4.72. The molecule has 1 aliphatic carbocycles. The largest absolute Gasteiger partial charge is 0.460 e. The number of hydrogen-bond acceptors (Lipinski definition) is 6. The van der Waals surface area contributed by atoms with E-state index in [0.717, 1.165) is 29.7 Å². The van der Waals surface area contributed by atoms with Crippen molar-refractivity contribution in [1.82, 2.24) is 4.98 Å². The molecular formula is C21H22Cl2N2O4S. The number of carbonyl (C=O) groups is 3. The summed E-state index contributed by atoms with van der Waals surface area (Å²) in [6.07, 6.45) is 6.51. The fourth-order valence-corrected chi connectivity index (χ4v) is 4.68. The van der Waals surface area contributed by atoms with E-state index in [1.54, 1.807) is 19.1 Å². The van der Waals surface area contributed by atoms with Gasteiger partial charge in [-0.05, 0) is 37.0 Å². The van der Waals surface area contributed by atoms with Crippen LogP contribution in [0.1, 0.15) is 60.2 Å². The van der Waals surface area contributed by atoms with Crippen molar-refractivity contribution >= 4 is 57.3 Å². The van der Waals surface area contributed by atoms with Crippen LogP contribution in [-0.2, 0) is 14.3 Å². The zero-order valence-corrected chi connectivity index (χ0v) is 18.8. The average molecular weight is 469 g/mol. The Balaban J connectivity index is 1.77. The van der Waals surface area contributed by atoms with Crippen LogP contribution >= 0.6 is 34.5 Å². The molecule has 2 aromatic rings. The topological polar surface area (TPSA) is 85.4 Å². The summed E-state index contributed by atoms with van der Waals surface area (Å²) in [4.78, 5) is 41.0. The Labute approximate surface area is 188 Å². The average Bonchev–Trinajstić information content (AvgIpc) is 3.40. The molecule has 1 aromatic heterocycles. The van der Waals surface area contributed by atoms with E-state index in [1.165, 1.54) is 19.0 Å². The minimum atomic E-state index is -0.936. The zero-order valence-electron chi connectivity index (χ0n) is 16.5. The van der Waals surface area contributed by atoms with Crippen LogP contribution in [0.3, 0.4) is 0 Å². The molecule has 1 atom stereocenters. The molecule has 1 fully saturated rings. The number of ketones is 1. The van der Waals surface area contributed by atoms with E-state index in [-0.39, 0.29) is 22.5 Å². The SMILES string of the molecule is CCOC(=O)C(=O)c1cnc(NC(=O)[C@H](CC2CCCC2)c2ccc(Cl)c(Cl)c2)s1. The number of anilines is 1. The number of carbonyl (C=O) groups excluding carboxylic acids is 3. The molecule has 30 heavy (non-hydrogen) atoms. The molecule has 1 N–H and O–H groups in total. The molecule has 0 spiro atoms. The van der Waals surface area contributed by atoms with Gasteiger partial charge in [-0.2, -0.15) is 0 Å². The van der Waals surface area contributed by atoms with Gasteiger partial charge in [-0.1, -0.05) is 66.3 Å². The van der Waals surface area contributed by atoms with Crippen LogP contribution in [0.5, 0.6) is 0 Å². The van der Waals surface area contributed by atoms with E-state index in [0.29, 0.717) is 22.4 Å². The van der Waals surface area contributed by atoms with Gasteiger partial charge >= 0.3 is 5.97 Å². The number of ether oxygens (including phenoxy) is 1. The van der Waals surface area contributed by atoms with Crippen LogP contribution in [0.25, 0.3) is 0 Å². The molecule has 1 aromatic carbocycles. The Morgan fingerprint density at radius 1 is 1.23 bits per heavy atom. The molecule has 1 aliphatic rings. The first-order chi connectivity index (χ1) is 14.4. The summed E-state index contributed by atoms with van der Waals surface area (Å²) in [6.45, 7) is 1.73. The molecular weight excluding hydrogens is 447 g/mol. The minimum Gasteiger partial charge on any atom is -0.460 e. The summed E-state index contributed by atoms with van der Waals surface area (Å²) >= 11 is 13.2. The van der Waals surface area contributed by atoms with Crippen molar-refractivity contribution in [3.8, 4) is 0 Å². The molecule has 0 aliphatic heterocycles. The second kappa shape index (κ2) is 10.4. The number of thiazole rings is 1. The van der Waals surface area contributed by atoms with Gasteiger partial charge in [0.05, 0.1) is 28.8 Å². The summed E-state index contributed by atoms with van der Waals surface area (Å²) in [5, 5.41) is 3.87. The van der Waals surface area contributed by atoms with Crippen LogP contribution in [0, 0.1) is 5.92 Å². The van der Waals surface area contributed by atoms with Gasteiger partial charge in [0.15, 0.2) is 5.13 Å². The molecule has 0 saturated heterocycles. The van der Waals surface area contributed by atoms with Crippen LogP contribution in [0.4, 0.5) is 5.13 Å². The van der Waals surface area contributed by atoms with Gasteiger partial charge in [0.1, 0.15) is 4.88 Å². The highest BCUT2D eigenvalue weighted by atomic mass is 35.5. The first-order valence-electron chi connectivity index (χ1n) is 9.82. The van der Waals surface area contributed by atoms with E-state index in [4.69, 9.17) is 27.9 Å². The highest BCUT2D eigenvalue weighted by Gasteiger charge is 2.28. The van der Waals surface area contributed by atoms with Crippen molar-refractivity contribution in [2.24, 2.45) is 5.92 Å². The predicted molar refractivity (Wildman–Crippen MR) is 117 cm³/mol. The number of rotatable bonds is 8. The molecule has 1 heterocycles. The van der Waals surface area contributed by atoms with Crippen molar-refractivity contribution in [3.63, 3.8) is 0 Å². The Morgan fingerprint density at radius 3 is 2.63 bits per heavy atom. The van der Waals surface area contributed by atoms with Gasteiger partial charge in [-0.25, -0.2) is 9.78 Å². The first kappa shape index (κ1) is 22.7. The highest BCUT2D eigenvalue weighted by molar-refractivity contribution is 7.18. The summed E-state index contributed by atoms with van der Waals surface area (Å²) in [5.41, 5.74) is 0.785. The second-order valence-electron chi connectivity index (χ2n) is 7.18. The molecule has 1 amide bonds. The zero-order chi connectivity index (χ0) is 21.7. The Kier molecular flexibility index (Phi) is 7.86. The third kappa shape index (κ3) is 5.59. The second-order valence-corrected chi connectivity index (χ2v) is 9.03. The van der Waals surface area contributed by atoms with Crippen molar-refractivity contribution in [2.75, 3.05) is 11.9 Å². The van der Waals surface area contributed by atoms with E-state index in [9.17, 15) is 14.4 Å². The molecule has 0 bridgehead atoms. The fraction of sp³-hybridized carbons (Fsp3) is 0.429. The maximum absolute atomic E-state index is 13.1. The van der Waals surface area contributed by atoms with E-state index < -0.39 is 17.7 Å². The van der Waals surface area contributed by atoms with Crippen molar-refractivity contribution < 1.29 is 19.1 Å². The lowest BCUT2D eigenvalue weighted by Crippen LogP contribution is -2.23. The number of aromatic nitrogens is 1. The number of nitrogens with one attached hydrogen (secondary N) is 1. The number of esters is 1. The Hall–Kier alpha value is -1.96. The highest BCUT2D eigenvalue weighted by Crippen LogP contribution is 2.36. The maximum atomic E-state index is 13.1. The maximum Gasteiger partial charge on any atom is 0.380 e. The lowest BCUT2D eigenvalue weighted by atomic mass is 9.87. The number of amides is 1. The quantitative estimate of drug-likeness (QED) is 0.314.